The maximum Gasteiger partial charge on any atom is 0.289 e. The maximum atomic E-state index is 12.9. The summed E-state index contributed by atoms with van der Waals surface area (Å²) >= 11 is 0. The zero-order valence-electron chi connectivity index (χ0n) is 21.8. The lowest BCUT2D eigenvalue weighted by molar-refractivity contribution is -0.00364. The molecule has 0 bridgehead atoms. The van der Waals surface area contributed by atoms with Crippen molar-refractivity contribution in [3.63, 3.8) is 0 Å². The second kappa shape index (κ2) is 9.77. The second-order valence-electron chi connectivity index (χ2n) is 12.3. The number of carbonyl (C=O) groups is 1. The SMILES string of the molecule is CC(C)(C)c1cc(-c2nc(C(=O)NC3COC3)ncc2CC2CCCCC2)cc(C(C)(C)C)c1. The van der Waals surface area contributed by atoms with E-state index in [4.69, 9.17) is 9.72 Å². The Bertz CT molecular complexity index is 990. The highest BCUT2D eigenvalue weighted by molar-refractivity contribution is 5.91. The third-order valence-electron chi connectivity index (χ3n) is 7.21. The van der Waals surface area contributed by atoms with Crippen LogP contribution in [0.5, 0.6) is 0 Å². The topological polar surface area (TPSA) is 64.1 Å². The van der Waals surface area contributed by atoms with Gasteiger partial charge in [0.2, 0.25) is 5.82 Å². The van der Waals surface area contributed by atoms with Crippen LogP contribution in [0.15, 0.2) is 24.4 Å². The van der Waals surface area contributed by atoms with E-state index in [1.807, 2.05) is 6.20 Å². The number of nitrogens with one attached hydrogen (secondary N) is 1. The smallest absolute Gasteiger partial charge is 0.289 e. The molecule has 1 aliphatic carbocycles. The largest absolute Gasteiger partial charge is 0.377 e. The van der Waals surface area contributed by atoms with Gasteiger partial charge < -0.3 is 10.1 Å². The van der Waals surface area contributed by atoms with Crippen molar-refractivity contribution >= 4 is 5.91 Å². The number of amides is 1. The van der Waals surface area contributed by atoms with Crippen molar-refractivity contribution < 1.29 is 9.53 Å². The molecule has 1 saturated carbocycles. The van der Waals surface area contributed by atoms with Crippen LogP contribution in [-0.2, 0) is 22.0 Å². The maximum absolute atomic E-state index is 12.9. The summed E-state index contributed by atoms with van der Waals surface area (Å²) in [5.74, 6) is 0.685. The van der Waals surface area contributed by atoms with E-state index in [-0.39, 0.29) is 28.6 Å². The van der Waals surface area contributed by atoms with Crippen LogP contribution in [0, 0.1) is 5.92 Å². The van der Waals surface area contributed by atoms with Crippen molar-refractivity contribution in [3.05, 3.63) is 46.9 Å². The monoisotopic (exact) mass is 463 g/mol. The van der Waals surface area contributed by atoms with Crippen LogP contribution in [0.1, 0.15) is 101 Å². The average Bonchev–Trinajstić information content (AvgIpc) is 2.75. The summed E-state index contributed by atoms with van der Waals surface area (Å²) in [6.07, 6.45) is 9.35. The molecule has 1 aromatic carbocycles. The van der Waals surface area contributed by atoms with E-state index in [1.54, 1.807) is 0 Å². The highest BCUT2D eigenvalue weighted by Gasteiger charge is 2.26. The molecule has 184 valence electrons. The van der Waals surface area contributed by atoms with E-state index >= 15 is 0 Å². The quantitative estimate of drug-likeness (QED) is 0.591. The molecule has 2 fully saturated rings. The summed E-state index contributed by atoms with van der Waals surface area (Å²) in [5.41, 5.74) is 5.75. The first-order chi connectivity index (χ1) is 16.0. The minimum atomic E-state index is -0.221. The van der Waals surface area contributed by atoms with Gasteiger partial charge in [-0.05, 0) is 52.0 Å². The van der Waals surface area contributed by atoms with E-state index in [0.29, 0.717) is 19.1 Å². The van der Waals surface area contributed by atoms with Gasteiger partial charge in [-0.2, -0.15) is 0 Å². The first-order valence-corrected chi connectivity index (χ1v) is 12.9. The van der Waals surface area contributed by atoms with E-state index in [9.17, 15) is 4.79 Å². The number of hydrogen-bond acceptors (Lipinski definition) is 4. The molecule has 0 atom stereocenters. The normalized spacial score (nSPS) is 17.9. The molecule has 5 nitrogen and oxygen atoms in total. The van der Waals surface area contributed by atoms with Crippen molar-refractivity contribution in [2.75, 3.05) is 13.2 Å². The molecular weight excluding hydrogens is 422 g/mol. The summed E-state index contributed by atoms with van der Waals surface area (Å²) in [6, 6.07) is 6.92. The van der Waals surface area contributed by atoms with Gasteiger partial charge in [0.25, 0.3) is 5.91 Å². The van der Waals surface area contributed by atoms with E-state index in [2.05, 4.69) is 70.0 Å². The molecule has 1 amide bonds. The van der Waals surface area contributed by atoms with Crippen LogP contribution in [0.25, 0.3) is 11.3 Å². The molecule has 2 heterocycles. The van der Waals surface area contributed by atoms with Gasteiger partial charge in [-0.25, -0.2) is 9.97 Å². The van der Waals surface area contributed by atoms with E-state index in [0.717, 1.165) is 23.2 Å². The van der Waals surface area contributed by atoms with Crippen LogP contribution in [-0.4, -0.2) is 35.1 Å². The zero-order valence-corrected chi connectivity index (χ0v) is 21.8. The fourth-order valence-electron chi connectivity index (χ4n) is 4.82. The van der Waals surface area contributed by atoms with Crippen molar-refractivity contribution in [2.24, 2.45) is 5.92 Å². The fourth-order valence-corrected chi connectivity index (χ4v) is 4.82. The van der Waals surface area contributed by atoms with Crippen LogP contribution in [0.3, 0.4) is 0 Å². The third kappa shape index (κ3) is 5.86. The summed E-state index contributed by atoms with van der Waals surface area (Å²) in [6.45, 7) is 14.6. The summed E-state index contributed by atoms with van der Waals surface area (Å²) in [7, 11) is 0. The molecule has 34 heavy (non-hydrogen) atoms. The van der Waals surface area contributed by atoms with Gasteiger partial charge in [-0.1, -0.05) is 79.7 Å². The molecule has 2 aliphatic rings. The van der Waals surface area contributed by atoms with Gasteiger partial charge in [0.05, 0.1) is 24.9 Å². The first kappa shape index (κ1) is 24.8. The van der Waals surface area contributed by atoms with E-state index in [1.165, 1.54) is 43.2 Å². The molecule has 0 spiro atoms. The Balaban J connectivity index is 1.79. The van der Waals surface area contributed by atoms with Crippen molar-refractivity contribution in [1.82, 2.24) is 15.3 Å². The first-order valence-electron chi connectivity index (χ1n) is 12.9. The highest BCUT2D eigenvalue weighted by Crippen LogP contribution is 2.36. The second-order valence-corrected chi connectivity index (χ2v) is 12.3. The van der Waals surface area contributed by atoms with Crippen LogP contribution >= 0.6 is 0 Å². The molecule has 4 rings (SSSR count). The van der Waals surface area contributed by atoms with Gasteiger partial charge in [0, 0.05) is 11.8 Å². The Morgan fingerprint density at radius 1 is 0.971 bits per heavy atom. The number of aromatic nitrogens is 2. The third-order valence-corrected chi connectivity index (χ3v) is 7.21. The number of hydrogen-bond donors (Lipinski definition) is 1. The number of nitrogens with zero attached hydrogens (tertiary/aromatic N) is 2. The molecule has 1 aromatic heterocycles. The number of carbonyl (C=O) groups excluding carboxylic acids is 1. The Morgan fingerprint density at radius 2 is 1.59 bits per heavy atom. The molecule has 2 aromatic rings. The number of rotatable bonds is 5. The Morgan fingerprint density at radius 3 is 2.12 bits per heavy atom. The Hall–Kier alpha value is -2.27. The zero-order chi connectivity index (χ0) is 24.5. The van der Waals surface area contributed by atoms with Gasteiger partial charge in [0.15, 0.2) is 0 Å². The lowest BCUT2D eigenvalue weighted by atomic mass is 9.78. The standard InChI is InChI=1S/C29H41N3O2/c1-28(2,3)22-13-20(14-23(15-22)29(4,5)6)25-21(12-19-10-8-7-9-11-19)16-30-26(32-25)27(33)31-24-17-34-18-24/h13-16,19,24H,7-12,17-18H2,1-6H3,(H,31,33). The van der Waals surface area contributed by atoms with Crippen molar-refractivity contribution in [1.29, 1.82) is 0 Å². The Labute approximate surface area is 205 Å². The molecule has 1 saturated heterocycles. The van der Waals surface area contributed by atoms with Crippen LogP contribution < -0.4 is 5.32 Å². The molecule has 5 heteroatoms. The minimum Gasteiger partial charge on any atom is -0.377 e. The lowest BCUT2D eigenvalue weighted by Gasteiger charge is -2.27. The molecule has 0 unspecified atom stereocenters. The fraction of sp³-hybridized carbons (Fsp3) is 0.621. The minimum absolute atomic E-state index is 0.0109. The summed E-state index contributed by atoms with van der Waals surface area (Å²) in [4.78, 5) is 22.3. The van der Waals surface area contributed by atoms with Gasteiger partial charge in [0.1, 0.15) is 0 Å². The van der Waals surface area contributed by atoms with Crippen LogP contribution in [0.4, 0.5) is 0 Å². The van der Waals surface area contributed by atoms with Crippen molar-refractivity contribution in [2.45, 2.75) is 96.9 Å². The van der Waals surface area contributed by atoms with Gasteiger partial charge in [-0.3, -0.25) is 4.79 Å². The lowest BCUT2D eigenvalue weighted by Crippen LogP contribution is -2.48. The van der Waals surface area contributed by atoms with Gasteiger partial charge >= 0.3 is 0 Å². The predicted molar refractivity (Wildman–Crippen MR) is 137 cm³/mol. The summed E-state index contributed by atoms with van der Waals surface area (Å²) < 4.78 is 5.20. The Kier molecular flexibility index (Phi) is 7.14. The molecular formula is C29H41N3O2. The number of ether oxygens (including phenoxy) is 1. The highest BCUT2D eigenvalue weighted by atomic mass is 16.5. The van der Waals surface area contributed by atoms with Gasteiger partial charge in [-0.15, -0.1) is 0 Å². The molecule has 1 aliphatic heterocycles. The molecule has 0 radical (unpaired) electrons. The predicted octanol–water partition coefficient (Wildman–Crippen LogP) is 5.99. The summed E-state index contributed by atoms with van der Waals surface area (Å²) in [5, 5.41) is 2.99. The van der Waals surface area contributed by atoms with E-state index < -0.39 is 0 Å². The molecule has 1 N–H and O–H groups in total. The van der Waals surface area contributed by atoms with Crippen LogP contribution in [0.2, 0.25) is 0 Å². The average molecular weight is 464 g/mol. The number of benzene rings is 1. The van der Waals surface area contributed by atoms with Crippen molar-refractivity contribution in [3.8, 4) is 11.3 Å².